The van der Waals surface area contributed by atoms with Crippen LogP contribution in [-0.4, -0.2) is 112 Å². The van der Waals surface area contributed by atoms with E-state index in [1.807, 2.05) is 37.3 Å². The van der Waals surface area contributed by atoms with E-state index in [9.17, 15) is 31.2 Å². The van der Waals surface area contributed by atoms with Crippen molar-refractivity contribution in [1.82, 2.24) is 24.1 Å². The zero-order valence-electron chi connectivity index (χ0n) is 29.4. The quantitative estimate of drug-likeness (QED) is 0.205. The summed E-state index contributed by atoms with van der Waals surface area (Å²) >= 11 is 1.57. The molecule has 0 radical (unpaired) electrons. The number of amides is 1. The Kier molecular flexibility index (Phi) is 13.8. The molecule has 3 N–H and O–H groups in total. The number of thiophene rings is 1. The van der Waals surface area contributed by atoms with Crippen molar-refractivity contribution in [1.29, 1.82) is 0 Å². The second-order valence-electron chi connectivity index (χ2n) is 13.2. The highest BCUT2D eigenvalue weighted by molar-refractivity contribution is 7.95. The summed E-state index contributed by atoms with van der Waals surface area (Å²) in [5.41, 5.74) is 0.0354. The van der Waals surface area contributed by atoms with Gasteiger partial charge < -0.3 is 34.5 Å². The van der Waals surface area contributed by atoms with Crippen LogP contribution in [0.1, 0.15) is 72.4 Å². The fraction of sp³-hybridized carbons (Fsp3) is 0.700. The summed E-state index contributed by atoms with van der Waals surface area (Å²) in [4.78, 5) is 40.1. The van der Waals surface area contributed by atoms with Crippen molar-refractivity contribution in [2.24, 2.45) is 0 Å². The minimum absolute atomic E-state index is 0.0400. The third-order valence-corrected chi connectivity index (χ3v) is 14.1. The maximum atomic E-state index is 13.1. The number of aromatic nitrogens is 2. The summed E-state index contributed by atoms with van der Waals surface area (Å²) < 4.78 is 84.1. The Bertz CT molecular complexity index is 1750. The summed E-state index contributed by atoms with van der Waals surface area (Å²) in [6.07, 6.45) is -2.85. The predicted molar refractivity (Wildman–Crippen MR) is 188 cm³/mol. The van der Waals surface area contributed by atoms with Crippen LogP contribution in [0.15, 0.2) is 14.5 Å². The summed E-state index contributed by atoms with van der Waals surface area (Å²) in [5, 5.41) is 5.72. The van der Waals surface area contributed by atoms with Gasteiger partial charge in [-0.25, -0.2) is 21.6 Å². The molecular weight excluding hydrogens is 749 g/mol. The number of carbonyl (C=O) groups is 3. The van der Waals surface area contributed by atoms with E-state index in [-0.39, 0.29) is 46.0 Å². The number of fused-ring (bicyclic) bond motifs is 1. The van der Waals surface area contributed by atoms with Crippen LogP contribution in [-0.2, 0) is 48.5 Å². The van der Waals surface area contributed by atoms with Gasteiger partial charge in [-0.3, -0.25) is 14.4 Å². The van der Waals surface area contributed by atoms with Crippen molar-refractivity contribution in [2.75, 3.05) is 50.9 Å². The Balaban J connectivity index is 1.29. The lowest BCUT2D eigenvalue weighted by atomic mass is 10.1. The number of hydrogen-bond acceptors (Lipinski definition) is 18. The van der Waals surface area contributed by atoms with Gasteiger partial charge >= 0.3 is 11.9 Å². The van der Waals surface area contributed by atoms with E-state index in [2.05, 4.69) is 19.4 Å². The Morgan fingerprint density at radius 3 is 2.43 bits per heavy atom. The Labute approximate surface area is 306 Å². The van der Waals surface area contributed by atoms with Crippen molar-refractivity contribution in [3.05, 3.63) is 11.6 Å². The first-order valence-electron chi connectivity index (χ1n) is 16.5. The minimum atomic E-state index is -4.50. The van der Waals surface area contributed by atoms with E-state index in [1.54, 1.807) is 6.92 Å². The third kappa shape index (κ3) is 11.0. The molecule has 0 spiro atoms. The number of rotatable bonds is 16. The molecule has 1 saturated heterocycles. The zero-order valence-corrected chi connectivity index (χ0v) is 32.7. The number of carbonyl (C=O) groups excluding carboxylic acids is 3. The molecule has 2 aromatic heterocycles. The Hall–Kier alpha value is -2.95. The maximum absolute atomic E-state index is 13.1. The molecule has 51 heavy (non-hydrogen) atoms. The molecular formula is C30H46N6O11S4. The second kappa shape index (κ2) is 17.3. The van der Waals surface area contributed by atoms with Crippen LogP contribution in [0.3, 0.4) is 0 Å². The fourth-order valence-electron chi connectivity index (χ4n) is 5.16. The van der Waals surface area contributed by atoms with Gasteiger partial charge in [0.15, 0.2) is 15.9 Å². The maximum Gasteiger partial charge on any atom is 0.307 e. The highest BCUT2D eigenvalue weighted by atomic mass is 32.3. The van der Waals surface area contributed by atoms with Gasteiger partial charge in [-0.15, -0.1) is 15.7 Å². The normalized spacial score (nSPS) is 20.2. The Morgan fingerprint density at radius 2 is 1.78 bits per heavy atom. The molecule has 4 rings (SSSR count). The van der Waals surface area contributed by atoms with Crippen LogP contribution in [0.4, 0.5) is 5.82 Å². The van der Waals surface area contributed by atoms with Gasteiger partial charge in [-0.1, -0.05) is 6.92 Å². The number of nitrogens with zero attached hydrogens (tertiary/aromatic N) is 3. The molecule has 2 aromatic rings. The summed E-state index contributed by atoms with van der Waals surface area (Å²) in [6, 6.07) is 0.882. The number of nitrogens with one attached hydrogen (secondary N) is 3. The van der Waals surface area contributed by atoms with Crippen LogP contribution >= 0.6 is 23.1 Å². The summed E-state index contributed by atoms with van der Waals surface area (Å²) in [6.45, 7) is 13.6. The molecule has 4 atom stereocenters. The molecule has 2 aliphatic rings. The van der Waals surface area contributed by atoms with Gasteiger partial charge in [-0.05, 0) is 53.7 Å². The van der Waals surface area contributed by atoms with E-state index in [0.717, 1.165) is 11.7 Å². The minimum Gasteiger partial charge on any atom is -0.470 e. The SMILES string of the molecule is CCN[C@@H]1C[C@@H](C)S(=O)(=O)c2sc(S(=O)(=O)NC(=O)C(C)OC(=O)CCC(=O)OC(CNC(C)(C)C)COc3nsnc3N3CCOCC3)cc21. The molecule has 0 aliphatic carbocycles. The number of sulfone groups is 1. The van der Waals surface area contributed by atoms with E-state index in [4.69, 9.17) is 18.9 Å². The molecule has 0 aromatic carbocycles. The van der Waals surface area contributed by atoms with Crippen molar-refractivity contribution < 1.29 is 50.2 Å². The first kappa shape index (κ1) is 40.8. The van der Waals surface area contributed by atoms with Gasteiger partial charge in [0.1, 0.15) is 21.1 Å². The molecule has 4 heterocycles. The number of esters is 2. The highest BCUT2D eigenvalue weighted by Crippen LogP contribution is 2.42. The first-order valence-corrected chi connectivity index (χ1v) is 21.1. The summed E-state index contributed by atoms with van der Waals surface area (Å²) in [7, 11) is -8.25. The third-order valence-electron chi connectivity index (χ3n) is 7.91. The van der Waals surface area contributed by atoms with E-state index >= 15 is 0 Å². The molecule has 0 bridgehead atoms. The molecule has 0 saturated carbocycles. The smallest absolute Gasteiger partial charge is 0.307 e. The van der Waals surface area contributed by atoms with Crippen molar-refractivity contribution in [2.45, 2.75) is 98.3 Å². The lowest BCUT2D eigenvalue weighted by Gasteiger charge is -2.27. The van der Waals surface area contributed by atoms with Crippen LogP contribution in [0.2, 0.25) is 0 Å². The van der Waals surface area contributed by atoms with E-state index in [0.29, 0.717) is 61.4 Å². The zero-order chi connectivity index (χ0) is 37.6. The van der Waals surface area contributed by atoms with Crippen LogP contribution in [0.5, 0.6) is 5.88 Å². The monoisotopic (exact) mass is 794 g/mol. The predicted octanol–water partition coefficient (Wildman–Crippen LogP) is 1.55. The van der Waals surface area contributed by atoms with Crippen molar-refractivity contribution >= 4 is 66.6 Å². The van der Waals surface area contributed by atoms with Crippen LogP contribution < -0.4 is 25.0 Å². The number of sulfonamides is 1. The average Bonchev–Trinajstić information content (AvgIpc) is 3.73. The molecule has 1 fully saturated rings. The standard InChI is InChI=1S/C30H46N6O11S4/c1-7-31-22-14-18(2)50(40,41)29-21(22)15-25(48-29)51(42,43)35-27(39)19(3)46-23(37)8-9-24(38)47-20(16-32-30(4,5)6)17-45-28-26(33-49-34-28)36-10-12-44-13-11-36/h15,18-20,22,31-32H,7-14,16-17H2,1-6H3,(H,35,39)/t18-,19?,20?,22-/m1/s1. The molecule has 17 nitrogen and oxygen atoms in total. The van der Waals surface area contributed by atoms with Crippen molar-refractivity contribution in [3.63, 3.8) is 0 Å². The van der Waals surface area contributed by atoms with Gasteiger partial charge in [0.25, 0.3) is 21.8 Å². The molecule has 1 amide bonds. The molecule has 21 heteroatoms. The number of morpholine rings is 1. The Morgan fingerprint density at radius 1 is 1.12 bits per heavy atom. The fourth-order valence-corrected chi connectivity index (χ4v) is 10.7. The highest BCUT2D eigenvalue weighted by Gasteiger charge is 2.40. The number of anilines is 1. The van der Waals surface area contributed by atoms with Gasteiger partial charge in [-0.2, -0.15) is 4.37 Å². The van der Waals surface area contributed by atoms with Gasteiger partial charge in [0, 0.05) is 36.8 Å². The number of hydrogen-bond donors (Lipinski definition) is 3. The first-order chi connectivity index (χ1) is 23.9. The molecule has 2 unspecified atom stereocenters. The summed E-state index contributed by atoms with van der Waals surface area (Å²) in [5.74, 6) is -1.90. The van der Waals surface area contributed by atoms with Crippen molar-refractivity contribution in [3.8, 4) is 5.88 Å². The van der Waals surface area contributed by atoms with Crippen LogP contribution in [0, 0.1) is 0 Å². The second-order valence-corrected chi connectivity index (χ2v) is 19.2. The lowest BCUT2D eigenvalue weighted by Crippen LogP contribution is -2.44. The average molecular weight is 795 g/mol. The largest absolute Gasteiger partial charge is 0.470 e. The molecule has 2 aliphatic heterocycles. The lowest BCUT2D eigenvalue weighted by molar-refractivity contribution is -0.158. The van der Waals surface area contributed by atoms with E-state index in [1.165, 1.54) is 13.0 Å². The topological polar surface area (TPSA) is 222 Å². The van der Waals surface area contributed by atoms with Crippen LogP contribution in [0.25, 0.3) is 0 Å². The van der Waals surface area contributed by atoms with E-state index < -0.39 is 61.6 Å². The number of ether oxygens (including phenoxy) is 4. The van der Waals surface area contributed by atoms with Gasteiger partial charge in [0.05, 0.1) is 43.0 Å². The van der Waals surface area contributed by atoms with Gasteiger partial charge in [0.2, 0.25) is 5.82 Å². The molecule has 286 valence electrons.